The lowest BCUT2D eigenvalue weighted by Gasteiger charge is -2.15. The molecule has 212 valence electrons. The predicted molar refractivity (Wildman–Crippen MR) is 153 cm³/mol. The third kappa shape index (κ3) is 9.63. The highest BCUT2D eigenvalue weighted by molar-refractivity contribution is 5.98. The number of nitrogens with one attached hydrogen (secondary N) is 2. The maximum atomic E-state index is 13.2. The van der Waals surface area contributed by atoms with Gasteiger partial charge in [0.15, 0.2) is 17.5 Å². The van der Waals surface area contributed by atoms with Gasteiger partial charge in [0.1, 0.15) is 18.4 Å². The van der Waals surface area contributed by atoms with Crippen molar-refractivity contribution in [2.45, 2.75) is 25.4 Å². The molecule has 0 aromatic heterocycles. The SMILES string of the molecule is COCCOc1cccc(CNC(=O)C(Cc2ccccc2)N=C(N)NC(=O)Cc2ccc(OC)c(OC)c2)c1. The van der Waals surface area contributed by atoms with Crippen LogP contribution in [0.4, 0.5) is 0 Å². The van der Waals surface area contributed by atoms with E-state index in [1.807, 2.05) is 54.6 Å². The van der Waals surface area contributed by atoms with Gasteiger partial charge in [-0.15, -0.1) is 0 Å². The van der Waals surface area contributed by atoms with Crippen molar-refractivity contribution in [3.8, 4) is 17.2 Å². The first-order valence-corrected chi connectivity index (χ1v) is 12.8. The summed E-state index contributed by atoms with van der Waals surface area (Å²) in [5.74, 6) is 0.914. The van der Waals surface area contributed by atoms with Gasteiger partial charge >= 0.3 is 0 Å². The second kappa shape index (κ2) is 15.7. The van der Waals surface area contributed by atoms with E-state index in [-0.39, 0.29) is 30.7 Å². The fourth-order valence-electron chi connectivity index (χ4n) is 3.89. The van der Waals surface area contributed by atoms with Gasteiger partial charge in [-0.1, -0.05) is 48.5 Å². The van der Waals surface area contributed by atoms with Crippen molar-refractivity contribution in [1.82, 2.24) is 10.6 Å². The summed E-state index contributed by atoms with van der Waals surface area (Å²) < 4.78 is 21.2. The topological polar surface area (TPSA) is 134 Å². The number of carbonyl (C=O) groups is 2. The van der Waals surface area contributed by atoms with Crippen molar-refractivity contribution in [2.75, 3.05) is 34.5 Å². The predicted octanol–water partition coefficient (Wildman–Crippen LogP) is 2.63. The second-order valence-corrected chi connectivity index (χ2v) is 8.84. The lowest BCUT2D eigenvalue weighted by Crippen LogP contribution is -2.42. The van der Waals surface area contributed by atoms with Gasteiger partial charge in [-0.25, -0.2) is 4.99 Å². The van der Waals surface area contributed by atoms with Gasteiger partial charge in [0, 0.05) is 20.1 Å². The van der Waals surface area contributed by atoms with Gasteiger partial charge in [0.05, 0.1) is 27.2 Å². The number of methoxy groups -OCH3 is 3. The number of nitrogens with two attached hydrogens (primary N) is 1. The van der Waals surface area contributed by atoms with Gasteiger partial charge in [-0.05, 0) is 41.0 Å². The first kappa shape index (κ1) is 30.0. The second-order valence-electron chi connectivity index (χ2n) is 8.84. The van der Waals surface area contributed by atoms with Crippen molar-refractivity contribution >= 4 is 17.8 Å². The first-order chi connectivity index (χ1) is 19.4. The molecule has 10 heteroatoms. The molecule has 40 heavy (non-hydrogen) atoms. The third-order valence-electron chi connectivity index (χ3n) is 5.87. The monoisotopic (exact) mass is 548 g/mol. The highest BCUT2D eigenvalue weighted by Gasteiger charge is 2.19. The molecule has 0 aliphatic heterocycles. The van der Waals surface area contributed by atoms with E-state index in [2.05, 4.69) is 15.6 Å². The summed E-state index contributed by atoms with van der Waals surface area (Å²) in [6, 6.07) is 21.3. The molecular formula is C30H36N4O6. The maximum absolute atomic E-state index is 13.2. The summed E-state index contributed by atoms with van der Waals surface area (Å²) in [5, 5.41) is 5.50. The van der Waals surface area contributed by atoms with Crippen molar-refractivity contribution in [1.29, 1.82) is 0 Å². The Kier molecular flexibility index (Phi) is 11.8. The molecule has 0 saturated heterocycles. The van der Waals surface area contributed by atoms with E-state index in [1.54, 1.807) is 32.4 Å². The van der Waals surface area contributed by atoms with E-state index in [4.69, 9.17) is 24.7 Å². The number of aliphatic imine (C=N–C) groups is 1. The summed E-state index contributed by atoms with van der Waals surface area (Å²) in [5.41, 5.74) is 8.55. The molecule has 4 N–H and O–H groups in total. The highest BCUT2D eigenvalue weighted by Crippen LogP contribution is 2.27. The molecule has 2 amide bonds. The summed E-state index contributed by atoms with van der Waals surface area (Å²) in [6.45, 7) is 1.18. The summed E-state index contributed by atoms with van der Waals surface area (Å²) in [6.07, 6.45) is 0.341. The number of rotatable bonds is 14. The van der Waals surface area contributed by atoms with Crippen molar-refractivity contribution < 1.29 is 28.5 Å². The van der Waals surface area contributed by atoms with Crippen molar-refractivity contribution in [3.05, 3.63) is 89.5 Å². The summed E-state index contributed by atoms with van der Waals surface area (Å²) in [7, 11) is 4.68. The van der Waals surface area contributed by atoms with Gasteiger partial charge in [0.25, 0.3) is 0 Å². The molecule has 0 saturated carbocycles. The Morgan fingerprint density at radius 3 is 2.33 bits per heavy atom. The minimum Gasteiger partial charge on any atom is -0.493 e. The molecule has 3 aromatic rings. The van der Waals surface area contributed by atoms with Gasteiger partial charge in [-0.2, -0.15) is 0 Å². The normalized spacial score (nSPS) is 11.8. The fourth-order valence-corrected chi connectivity index (χ4v) is 3.89. The van der Waals surface area contributed by atoms with E-state index in [1.165, 1.54) is 7.11 Å². The van der Waals surface area contributed by atoms with E-state index in [9.17, 15) is 9.59 Å². The van der Waals surface area contributed by atoms with Crippen LogP contribution in [0.15, 0.2) is 77.8 Å². The van der Waals surface area contributed by atoms with Crippen LogP contribution in [0.25, 0.3) is 0 Å². The number of hydrogen-bond donors (Lipinski definition) is 3. The van der Waals surface area contributed by atoms with E-state index < -0.39 is 6.04 Å². The van der Waals surface area contributed by atoms with Crippen LogP contribution in [-0.2, 0) is 33.7 Å². The molecule has 0 fully saturated rings. The summed E-state index contributed by atoms with van der Waals surface area (Å²) in [4.78, 5) is 30.2. The molecule has 0 aliphatic rings. The molecule has 0 spiro atoms. The molecular weight excluding hydrogens is 512 g/mol. The zero-order valence-electron chi connectivity index (χ0n) is 23.0. The highest BCUT2D eigenvalue weighted by atomic mass is 16.5. The molecule has 1 atom stereocenters. The number of nitrogens with zero attached hydrogens (tertiary/aromatic N) is 1. The molecule has 3 aromatic carbocycles. The maximum Gasteiger partial charge on any atom is 0.245 e. The Labute approximate surface area is 234 Å². The van der Waals surface area contributed by atoms with E-state index in [0.29, 0.717) is 42.4 Å². The standard InChI is InChI=1S/C30H36N4O6/c1-37-14-15-40-24-11-7-10-23(16-24)20-32-29(36)25(17-21-8-5-4-6-9-21)33-30(31)34-28(35)19-22-12-13-26(38-2)27(18-22)39-3/h4-13,16,18,25H,14-15,17,19-20H2,1-3H3,(H,32,36)(H3,31,33,34,35). The molecule has 0 heterocycles. The third-order valence-corrected chi connectivity index (χ3v) is 5.87. The molecule has 1 unspecified atom stereocenters. The van der Waals surface area contributed by atoms with Crippen LogP contribution >= 0.6 is 0 Å². The van der Waals surface area contributed by atoms with Crippen LogP contribution in [0.2, 0.25) is 0 Å². The lowest BCUT2D eigenvalue weighted by atomic mass is 10.1. The number of amides is 2. The van der Waals surface area contributed by atoms with Crippen LogP contribution in [-0.4, -0.2) is 58.4 Å². The van der Waals surface area contributed by atoms with Gasteiger partial charge < -0.3 is 30.0 Å². The zero-order chi connectivity index (χ0) is 28.7. The Hall–Kier alpha value is -4.57. The Balaban J connectivity index is 1.67. The van der Waals surface area contributed by atoms with Crippen molar-refractivity contribution in [3.63, 3.8) is 0 Å². The quantitative estimate of drug-likeness (QED) is 0.160. The molecule has 10 nitrogen and oxygen atoms in total. The first-order valence-electron chi connectivity index (χ1n) is 12.8. The largest absolute Gasteiger partial charge is 0.493 e. The zero-order valence-corrected chi connectivity index (χ0v) is 23.0. The minimum absolute atomic E-state index is 0.0366. The average molecular weight is 549 g/mol. The molecule has 0 radical (unpaired) electrons. The number of ether oxygens (including phenoxy) is 4. The number of benzene rings is 3. The van der Waals surface area contributed by atoms with E-state index in [0.717, 1.165) is 11.1 Å². The Morgan fingerprint density at radius 1 is 0.850 bits per heavy atom. The Bertz CT molecular complexity index is 1280. The van der Waals surface area contributed by atoms with Crippen molar-refractivity contribution in [2.24, 2.45) is 10.7 Å². The molecule has 3 rings (SSSR count). The smallest absolute Gasteiger partial charge is 0.245 e. The van der Waals surface area contributed by atoms with Crippen LogP contribution in [0.3, 0.4) is 0 Å². The number of guanidine groups is 1. The molecule has 0 aliphatic carbocycles. The van der Waals surface area contributed by atoms with Crippen LogP contribution < -0.4 is 30.6 Å². The van der Waals surface area contributed by atoms with Crippen LogP contribution in [0.1, 0.15) is 16.7 Å². The number of hydrogen-bond acceptors (Lipinski definition) is 7. The molecule has 0 bridgehead atoms. The van der Waals surface area contributed by atoms with Gasteiger partial charge in [0.2, 0.25) is 11.8 Å². The summed E-state index contributed by atoms with van der Waals surface area (Å²) >= 11 is 0. The van der Waals surface area contributed by atoms with E-state index >= 15 is 0 Å². The average Bonchev–Trinajstić information content (AvgIpc) is 2.96. The van der Waals surface area contributed by atoms with Gasteiger partial charge in [-0.3, -0.25) is 14.9 Å². The fraction of sp³-hybridized carbons (Fsp3) is 0.300. The van der Waals surface area contributed by atoms with Crippen LogP contribution in [0, 0.1) is 0 Å². The Morgan fingerprint density at radius 2 is 1.60 bits per heavy atom. The van der Waals surface area contributed by atoms with Crippen LogP contribution in [0.5, 0.6) is 17.2 Å². The lowest BCUT2D eigenvalue weighted by molar-refractivity contribution is -0.122. The number of carbonyl (C=O) groups excluding carboxylic acids is 2. The minimum atomic E-state index is -0.857.